The summed E-state index contributed by atoms with van der Waals surface area (Å²) < 4.78 is 38.1. The first-order valence-electron chi connectivity index (χ1n) is 10.4. The maximum absolute atomic E-state index is 13.0. The summed E-state index contributed by atoms with van der Waals surface area (Å²) >= 11 is 0. The molecule has 1 heterocycles. The fourth-order valence-electron chi connectivity index (χ4n) is 3.78. The van der Waals surface area contributed by atoms with E-state index in [1.54, 1.807) is 12.1 Å². The molecular formula is C23H30N2O5S. The quantitative estimate of drug-likeness (QED) is 0.631. The number of hydrogen-bond donors (Lipinski definition) is 1. The van der Waals surface area contributed by atoms with Gasteiger partial charge in [0.05, 0.1) is 24.5 Å². The van der Waals surface area contributed by atoms with E-state index in [1.807, 2.05) is 26.0 Å². The number of benzene rings is 2. The molecule has 0 spiro atoms. The molecule has 0 radical (unpaired) electrons. The predicted octanol–water partition coefficient (Wildman–Crippen LogP) is 2.91. The standard InChI is InChI=1S/C23H30N2O5S/c1-17-13-18(2)15-21(14-17)30-12-10-24-23(26)19-5-4-11-25(16-19)31(27,28)22-8-6-20(29-3)7-9-22/h6-9,13-15,19H,4-5,10-12,16H2,1-3H3,(H,24,26)/t19-/m0/s1. The number of nitrogens with zero attached hydrogens (tertiary/aromatic N) is 1. The van der Waals surface area contributed by atoms with Gasteiger partial charge in [0.2, 0.25) is 15.9 Å². The van der Waals surface area contributed by atoms with Crippen LogP contribution < -0.4 is 14.8 Å². The highest BCUT2D eigenvalue weighted by Gasteiger charge is 2.33. The van der Waals surface area contributed by atoms with Gasteiger partial charge in [0.1, 0.15) is 18.1 Å². The molecule has 1 amide bonds. The molecule has 1 aliphatic heterocycles. The van der Waals surface area contributed by atoms with Crippen molar-refractivity contribution in [1.29, 1.82) is 0 Å². The number of sulfonamides is 1. The van der Waals surface area contributed by atoms with Crippen LogP contribution in [-0.4, -0.2) is 52.0 Å². The third-order valence-electron chi connectivity index (χ3n) is 5.32. The van der Waals surface area contributed by atoms with Crippen molar-refractivity contribution in [3.8, 4) is 11.5 Å². The van der Waals surface area contributed by atoms with Gasteiger partial charge in [0, 0.05) is 13.1 Å². The van der Waals surface area contributed by atoms with E-state index in [1.165, 1.54) is 23.5 Å². The Labute approximate surface area is 184 Å². The smallest absolute Gasteiger partial charge is 0.243 e. The van der Waals surface area contributed by atoms with E-state index in [0.717, 1.165) is 16.9 Å². The lowest BCUT2D eigenvalue weighted by molar-refractivity contribution is -0.126. The summed E-state index contributed by atoms with van der Waals surface area (Å²) in [5, 5.41) is 2.88. The molecular weight excluding hydrogens is 416 g/mol. The molecule has 0 saturated carbocycles. The van der Waals surface area contributed by atoms with Gasteiger partial charge in [-0.2, -0.15) is 4.31 Å². The maximum Gasteiger partial charge on any atom is 0.243 e. The SMILES string of the molecule is COc1ccc(S(=O)(=O)N2CCC[C@H](C(=O)NCCOc3cc(C)cc(C)c3)C2)cc1. The Morgan fingerprint density at radius 2 is 1.77 bits per heavy atom. The van der Waals surface area contributed by atoms with Crippen LogP contribution in [0.4, 0.5) is 0 Å². The summed E-state index contributed by atoms with van der Waals surface area (Å²) in [6.07, 6.45) is 1.31. The van der Waals surface area contributed by atoms with Gasteiger partial charge in [-0.05, 0) is 74.2 Å². The first kappa shape index (κ1) is 23.1. The Kier molecular flexibility index (Phi) is 7.56. The Hall–Kier alpha value is -2.58. The monoisotopic (exact) mass is 446 g/mol. The van der Waals surface area contributed by atoms with Gasteiger partial charge in [-0.1, -0.05) is 6.07 Å². The van der Waals surface area contributed by atoms with Crippen molar-refractivity contribution in [3.05, 3.63) is 53.6 Å². The summed E-state index contributed by atoms with van der Waals surface area (Å²) in [4.78, 5) is 12.8. The Morgan fingerprint density at radius 1 is 1.10 bits per heavy atom. The average molecular weight is 447 g/mol. The minimum atomic E-state index is -3.65. The van der Waals surface area contributed by atoms with Gasteiger partial charge in [0.15, 0.2) is 0 Å². The van der Waals surface area contributed by atoms with Gasteiger partial charge < -0.3 is 14.8 Å². The van der Waals surface area contributed by atoms with Crippen molar-refractivity contribution in [2.24, 2.45) is 5.92 Å². The number of methoxy groups -OCH3 is 1. The third-order valence-corrected chi connectivity index (χ3v) is 7.20. The van der Waals surface area contributed by atoms with E-state index in [4.69, 9.17) is 9.47 Å². The Bertz CT molecular complexity index is 985. The summed E-state index contributed by atoms with van der Waals surface area (Å²) in [5.41, 5.74) is 2.25. The third kappa shape index (κ3) is 5.98. The highest BCUT2D eigenvalue weighted by atomic mass is 32.2. The molecule has 0 bridgehead atoms. The van der Waals surface area contributed by atoms with Crippen LogP contribution in [0.1, 0.15) is 24.0 Å². The number of rotatable bonds is 8. The van der Waals surface area contributed by atoms with Gasteiger partial charge in [-0.25, -0.2) is 8.42 Å². The van der Waals surface area contributed by atoms with E-state index in [-0.39, 0.29) is 23.3 Å². The number of ether oxygens (including phenoxy) is 2. The van der Waals surface area contributed by atoms with Gasteiger partial charge >= 0.3 is 0 Å². The van der Waals surface area contributed by atoms with Crippen molar-refractivity contribution in [2.45, 2.75) is 31.6 Å². The number of carbonyl (C=O) groups excluding carboxylic acids is 1. The molecule has 1 fully saturated rings. The fourth-order valence-corrected chi connectivity index (χ4v) is 5.30. The lowest BCUT2D eigenvalue weighted by atomic mass is 9.99. The predicted molar refractivity (Wildman–Crippen MR) is 119 cm³/mol. The second-order valence-electron chi connectivity index (χ2n) is 7.84. The van der Waals surface area contributed by atoms with Crippen molar-refractivity contribution in [1.82, 2.24) is 9.62 Å². The van der Waals surface area contributed by atoms with Crippen LogP contribution >= 0.6 is 0 Å². The number of piperidine rings is 1. The van der Waals surface area contributed by atoms with E-state index >= 15 is 0 Å². The van der Waals surface area contributed by atoms with Crippen molar-refractivity contribution < 1.29 is 22.7 Å². The number of aryl methyl sites for hydroxylation is 2. The lowest BCUT2D eigenvalue weighted by Crippen LogP contribution is -2.45. The van der Waals surface area contributed by atoms with Gasteiger partial charge in [-0.3, -0.25) is 4.79 Å². The highest BCUT2D eigenvalue weighted by molar-refractivity contribution is 7.89. The fraction of sp³-hybridized carbons (Fsp3) is 0.435. The summed E-state index contributed by atoms with van der Waals surface area (Å²) in [5.74, 6) is 0.862. The molecule has 1 N–H and O–H groups in total. The molecule has 1 atom stereocenters. The van der Waals surface area contributed by atoms with E-state index < -0.39 is 10.0 Å². The largest absolute Gasteiger partial charge is 0.497 e. The van der Waals surface area contributed by atoms with Crippen molar-refractivity contribution in [2.75, 3.05) is 33.4 Å². The van der Waals surface area contributed by atoms with Crippen LogP contribution in [0.3, 0.4) is 0 Å². The van der Waals surface area contributed by atoms with E-state index in [2.05, 4.69) is 11.4 Å². The zero-order chi connectivity index (χ0) is 22.4. The number of carbonyl (C=O) groups is 1. The zero-order valence-electron chi connectivity index (χ0n) is 18.3. The summed E-state index contributed by atoms with van der Waals surface area (Å²) in [7, 11) is -2.12. The molecule has 1 saturated heterocycles. The molecule has 0 unspecified atom stereocenters. The van der Waals surface area contributed by atoms with Crippen LogP contribution in [0.25, 0.3) is 0 Å². The number of amides is 1. The van der Waals surface area contributed by atoms with Crippen LogP contribution in [0.5, 0.6) is 11.5 Å². The minimum Gasteiger partial charge on any atom is -0.497 e. The molecule has 7 nitrogen and oxygen atoms in total. The Balaban J connectivity index is 1.52. The molecule has 31 heavy (non-hydrogen) atoms. The normalized spacial score (nSPS) is 17.2. The molecule has 2 aromatic carbocycles. The van der Waals surface area contributed by atoms with Crippen molar-refractivity contribution in [3.63, 3.8) is 0 Å². The average Bonchev–Trinajstić information content (AvgIpc) is 2.76. The summed E-state index contributed by atoms with van der Waals surface area (Å²) in [6, 6.07) is 12.3. The molecule has 1 aliphatic rings. The van der Waals surface area contributed by atoms with Crippen molar-refractivity contribution >= 4 is 15.9 Å². The van der Waals surface area contributed by atoms with Crippen LogP contribution in [0.15, 0.2) is 47.4 Å². The first-order chi connectivity index (χ1) is 14.8. The molecule has 0 aromatic heterocycles. The Morgan fingerprint density at radius 3 is 2.42 bits per heavy atom. The lowest BCUT2D eigenvalue weighted by Gasteiger charge is -2.31. The first-order valence-corrected chi connectivity index (χ1v) is 11.9. The van der Waals surface area contributed by atoms with Crippen LogP contribution in [0, 0.1) is 19.8 Å². The minimum absolute atomic E-state index is 0.140. The zero-order valence-corrected chi connectivity index (χ0v) is 19.1. The summed E-state index contributed by atoms with van der Waals surface area (Å²) in [6.45, 7) is 5.34. The van der Waals surface area contributed by atoms with Gasteiger partial charge in [0.25, 0.3) is 0 Å². The molecule has 3 rings (SSSR count). The van der Waals surface area contributed by atoms with E-state index in [0.29, 0.717) is 38.3 Å². The van der Waals surface area contributed by atoms with E-state index in [9.17, 15) is 13.2 Å². The molecule has 2 aromatic rings. The maximum atomic E-state index is 13.0. The second kappa shape index (κ2) is 10.2. The van der Waals surface area contributed by atoms with Gasteiger partial charge in [-0.15, -0.1) is 0 Å². The molecule has 8 heteroatoms. The van der Waals surface area contributed by atoms with Crippen LogP contribution in [0.2, 0.25) is 0 Å². The molecule has 168 valence electrons. The topological polar surface area (TPSA) is 84.9 Å². The highest BCUT2D eigenvalue weighted by Crippen LogP contribution is 2.25. The number of hydrogen-bond acceptors (Lipinski definition) is 5. The van der Waals surface area contributed by atoms with Crippen LogP contribution in [-0.2, 0) is 14.8 Å². The number of nitrogens with one attached hydrogen (secondary N) is 1. The second-order valence-corrected chi connectivity index (χ2v) is 9.78. The molecule has 0 aliphatic carbocycles.